The molecule has 0 bridgehead atoms. The van der Waals surface area contributed by atoms with E-state index < -0.39 is 27.0 Å². The summed E-state index contributed by atoms with van der Waals surface area (Å²) in [5.74, 6) is -0.606. The van der Waals surface area contributed by atoms with E-state index in [-0.39, 0.29) is 30.3 Å². The predicted octanol–water partition coefficient (Wildman–Crippen LogP) is 5.98. The summed E-state index contributed by atoms with van der Waals surface area (Å²) in [4.78, 5) is 18.9. The fourth-order valence-corrected chi connectivity index (χ4v) is 7.24. The minimum Gasteiger partial charge on any atom is -0.369 e. The number of sulfone groups is 1. The van der Waals surface area contributed by atoms with Crippen LogP contribution in [0.1, 0.15) is 46.4 Å². The van der Waals surface area contributed by atoms with Crippen LogP contribution in [-0.2, 0) is 14.6 Å². The fourth-order valence-electron chi connectivity index (χ4n) is 5.09. The van der Waals surface area contributed by atoms with Gasteiger partial charge in [-0.3, -0.25) is 4.79 Å². The summed E-state index contributed by atoms with van der Waals surface area (Å²) in [5.41, 5.74) is 1.71. The fraction of sp³-hybridized carbons (Fsp3) is 0.433. The van der Waals surface area contributed by atoms with Crippen LogP contribution in [-0.4, -0.2) is 49.4 Å². The molecule has 6 rings (SSSR count). The second-order valence-electron chi connectivity index (χ2n) is 10.9. The van der Waals surface area contributed by atoms with Crippen molar-refractivity contribution in [2.24, 2.45) is 5.92 Å². The van der Waals surface area contributed by atoms with Gasteiger partial charge >= 0.3 is 0 Å². The second kappa shape index (κ2) is 12.2. The molecule has 0 unspecified atom stereocenters. The third-order valence-electron chi connectivity index (χ3n) is 7.83. The van der Waals surface area contributed by atoms with Crippen molar-refractivity contribution in [1.82, 2.24) is 10.3 Å². The Balaban J connectivity index is 0.000000228. The molecule has 0 spiro atoms. The first-order chi connectivity index (χ1) is 19.7. The van der Waals surface area contributed by atoms with Gasteiger partial charge in [-0.25, -0.2) is 22.2 Å². The van der Waals surface area contributed by atoms with Crippen LogP contribution in [0.3, 0.4) is 0 Å². The van der Waals surface area contributed by atoms with Gasteiger partial charge in [-0.05, 0) is 55.5 Å². The lowest BCUT2D eigenvalue weighted by Crippen LogP contribution is -2.40. The second-order valence-corrected chi connectivity index (χ2v) is 14.2. The average Bonchev–Trinajstić information content (AvgIpc) is 3.58. The molecule has 11 heteroatoms. The number of benzene rings is 2. The molecule has 41 heavy (non-hydrogen) atoms. The topological polar surface area (TPSA) is 103 Å². The zero-order chi connectivity index (χ0) is 29.0. The van der Waals surface area contributed by atoms with Crippen molar-refractivity contribution >= 4 is 32.8 Å². The highest BCUT2D eigenvalue weighted by Gasteiger charge is 2.45. The summed E-state index contributed by atoms with van der Waals surface area (Å²) < 4.78 is 50.1. The van der Waals surface area contributed by atoms with Crippen molar-refractivity contribution in [2.45, 2.75) is 50.5 Å². The highest BCUT2D eigenvalue weighted by atomic mass is 32.2. The number of carbonyl (C=O) groups is 1. The number of halogens is 2. The first kappa shape index (κ1) is 29.1. The van der Waals surface area contributed by atoms with Crippen LogP contribution in [0.25, 0.3) is 21.0 Å². The van der Waals surface area contributed by atoms with Crippen molar-refractivity contribution in [1.29, 1.82) is 5.26 Å². The molecule has 2 saturated carbocycles. The summed E-state index contributed by atoms with van der Waals surface area (Å²) in [6.45, 7) is 0.993. The summed E-state index contributed by atoms with van der Waals surface area (Å²) >= 11 is 1.33. The number of nitrogens with zero attached hydrogens (tertiary/aromatic N) is 3. The first-order valence-corrected chi connectivity index (χ1v) is 16.5. The number of aromatic nitrogens is 1. The van der Waals surface area contributed by atoms with Gasteiger partial charge in [0.05, 0.1) is 22.5 Å². The zero-order valence-electron chi connectivity index (χ0n) is 22.6. The Bertz CT molecular complexity index is 1530. The predicted molar refractivity (Wildman–Crippen MR) is 158 cm³/mol. The van der Waals surface area contributed by atoms with Crippen molar-refractivity contribution in [2.75, 3.05) is 29.5 Å². The van der Waals surface area contributed by atoms with E-state index in [0.29, 0.717) is 18.1 Å². The lowest BCUT2D eigenvalue weighted by Gasteiger charge is -2.28. The van der Waals surface area contributed by atoms with Gasteiger partial charge in [0.1, 0.15) is 22.2 Å². The molecule has 1 amide bonds. The minimum absolute atomic E-state index is 0. The van der Waals surface area contributed by atoms with E-state index in [9.17, 15) is 22.0 Å². The SMILES string of the molecule is N#CC1(NC(=O)C2CCCCC2)CC1.O=S1(=O)CCN(c2ccc(-c3cnc(-c4ccc(F)cc4F)s3)cc2)CC1.[HH]. The molecule has 3 fully saturated rings. The molecule has 0 radical (unpaired) electrons. The quantitative estimate of drug-likeness (QED) is 0.387. The number of rotatable bonds is 5. The summed E-state index contributed by atoms with van der Waals surface area (Å²) in [6, 6.07) is 13.4. The van der Waals surface area contributed by atoms with Crippen LogP contribution in [0.4, 0.5) is 14.5 Å². The number of amides is 1. The van der Waals surface area contributed by atoms with Gasteiger partial charge < -0.3 is 10.2 Å². The molecule has 2 aromatic carbocycles. The number of nitrogens with one attached hydrogen (secondary N) is 1. The Labute approximate surface area is 244 Å². The number of hydrogen-bond donors (Lipinski definition) is 1. The van der Waals surface area contributed by atoms with Crippen molar-refractivity contribution < 1.29 is 23.4 Å². The molecular weight excluding hydrogens is 566 g/mol. The molecule has 1 N–H and O–H groups in total. The molecule has 2 aliphatic carbocycles. The van der Waals surface area contributed by atoms with Gasteiger partial charge in [0.2, 0.25) is 5.91 Å². The molecule has 218 valence electrons. The van der Waals surface area contributed by atoms with Crippen LogP contribution < -0.4 is 10.2 Å². The number of nitriles is 1. The van der Waals surface area contributed by atoms with E-state index in [0.717, 1.165) is 60.7 Å². The van der Waals surface area contributed by atoms with Gasteiger partial charge in [0.15, 0.2) is 9.84 Å². The average molecular weight is 601 g/mol. The molecule has 3 aromatic rings. The maximum Gasteiger partial charge on any atom is 0.224 e. The maximum atomic E-state index is 13.9. The van der Waals surface area contributed by atoms with Crippen molar-refractivity contribution in [3.8, 4) is 27.1 Å². The Hall–Kier alpha value is -3.36. The third kappa shape index (κ3) is 7.29. The van der Waals surface area contributed by atoms with Gasteiger partial charge in [-0.1, -0.05) is 31.4 Å². The summed E-state index contributed by atoms with van der Waals surface area (Å²) in [5, 5.41) is 12.2. The van der Waals surface area contributed by atoms with Gasteiger partial charge in [-0.15, -0.1) is 11.3 Å². The molecule has 1 aromatic heterocycles. The van der Waals surface area contributed by atoms with Crippen LogP contribution in [0.15, 0.2) is 48.7 Å². The van der Waals surface area contributed by atoms with E-state index >= 15 is 0 Å². The molecule has 1 saturated heterocycles. The largest absolute Gasteiger partial charge is 0.369 e. The monoisotopic (exact) mass is 600 g/mol. The van der Waals surface area contributed by atoms with E-state index in [1.165, 1.54) is 29.9 Å². The lowest BCUT2D eigenvalue weighted by molar-refractivity contribution is -0.126. The molecular formula is C30H34F2N4O3S2. The Morgan fingerprint density at radius 1 is 1.07 bits per heavy atom. The first-order valence-electron chi connectivity index (χ1n) is 13.9. The lowest BCUT2D eigenvalue weighted by atomic mass is 9.88. The molecule has 0 atom stereocenters. The normalized spacial score (nSPS) is 19.4. The molecule has 1 aliphatic heterocycles. The summed E-state index contributed by atoms with van der Waals surface area (Å²) in [7, 11) is -2.91. The highest BCUT2D eigenvalue weighted by molar-refractivity contribution is 7.91. The van der Waals surface area contributed by atoms with E-state index in [4.69, 9.17) is 5.26 Å². The molecule has 3 aliphatic rings. The van der Waals surface area contributed by atoms with Crippen molar-refractivity contribution in [3.63, 3.8) is 0 Å². The third-order valence-corrected chi connectivity index (χ3v) is 10.5. The minimum atomic E-state index is -2.91. The van der Waals surface area contributed by atoms with Gasteiger partial charge in [0, 0.05) is 43.9 Å². The Kier molecular flexibility index (Phi) is 8.71. The Morgan fingerprint density at radius 3 is 2.37 bits per heavy atom. The van der Waals surface area contributed by atoms with Crippen LogP contribution in [0.5, 0.6) is 0 Å². The van der Waals surface area contributed by atoms with E-state index in [1.807, 2.05) is 24.3 Å². The van der Waals surface area contributed by atoms with Gasteiger partial charge in [-0.2, -0.15) is 5.26 Å². The van der Waals surface area contributed by atoms with Crippen LogP contribution in [0, 0.1) is 28.9 Å². The van der Waals surface area contributed by atoms with E-state index in [2.05, 4.69) is 21.3 Å². The number of thiazole rings is 1. The number of carbonyl (C=O) groups excluding carboxylic acids is 1. The van der Waals surface area contributed by atoms with Gasteiger partial charge in [0.25, 0.3) is 0 Å². The summed E-state index contributed by atoms with van der Waals surface area (Å²) in [6.07, 6.45) is 8.94. The molecule has 2 heterocycles. The highest BCUT2D eigenvalue weighted by Crippen LogP contribution is 2.36. The number of hydrogen-bond acceptors (Lipinski definition) is 7. The Morgan fingerprint density at radius 2 is 1.76 bits per heavy atom. The molecule has 7 nitrogen and oxygen atoms in total. The standard InChI is InChI=1S/C19H16F2N2O2S2.C11H16N2O.H2/c20-14-3-6-16(17(21)11-14)19-22-12-18(26-19)13-1-4-15(5-2-13)23-7-9-27(24,25)10-8-23;12-8-11(6-7-11)13-10(14)9-4-2-1-3-5-9;/h1-6,11-12H,7-10H2;9H,1-7H2,(H,13,14);1H. The van der Waals surface area contributed by atoms with Crippen LogP contribution >= 0.6 is 11.3 Å². The smallest absolute Gasteiger partial charge is 0.224 e. The maximum absolute atomic E-state index is 13.9. The van der Waals surface area contributed by atoms with Crippen LogP contribution in [0.2, 0.25) is 0 Å². The zero-order valence-corrected chi connectivity index (χ0v) is 24.2. The van der Waals surface area contributed by atoms with E-state index in [1.54, 1.807) is 6.20 Å². The van der Waals surface area contributed by atoms with Crippen molar-refractivity contribution in [3.05, 3.63) is 60.3 Å². The number of anilines is 1.